The van der Waals surface area contributed by atoms with Gasteiger partial charge in [0.25, 0.3) is 0 Å². The van der Waals surface area contributed by atoms with Gasteiger partial charge in [0.15, 0.2) is 0 Å². The molecule has 5 aliphatic rings. The van der Waals surface area contributed by atoms with Gasteiger partial charge in [-0.3, -0.25) is 9.59 Å². The number of aliphatic hydroxyl groups excluding tert-OH is 1. The Balaban J connectivity index is 0.953. The van der Waals surface area contributed by atoms with E-state index in [1.165, 1.54) is 44.9 Å². The smallest absolute Gasteiger partial charge is 0.237 e. The van der Waals surface area contributed by atoms with E-state index in [1.54, 1.807) is 12.5 Å². The number of H-pyrrole nitrogens is 1. The van der Waals surface area contributed by atoms with Gasteiger partial charge in [0.1, 0.15) is 0 Å². The van der Waals surface area contributed by atoms with E-state index >= 15 is 0 Å². The van der Waals surface area contributed by atoms with Crippen LogP contribution in [-0.2, 0) is 16.0 Å². The highest BCUT2D eigenvalue weighted by Crippen LogP contribution is 2.68. The number of imidazole rings is 1. The van der Waals surface area contributed by atoms with Crippen LogP contribution in [0.15, 0.2) is 12.5 Å². The van der Waals surface area contributed by atoms with Gasteiger partial charge < -0.3 is 26.0 Å². The van der Waals surface area contributed by atoms with Crippen LogP contribution in [0.2, 0.25) is 0 Å². The normalized spacial score (nSPS) is 41.8. The largest absolute Gasteiger partial charge is 0.393 e. The molecule has 1 aliphatic heterocycles. The average Bonchev–Trinajstić information content (AvgIpc) is 3.72. The van der Waals surface area contributed by atoms with Crippen LogP contribution in [0.1, 0.15) is 104 Å². The van der Waals surface area contributed by atoms with Crippen molar-refractivity contribution in [1.29, 1.82) is 0 Å². The van der Waals surface area contributed by atoms with Crippen LogP contribution in [0.3, 0.4) is 0 Å². The molecule has 5 fully saturated rings. The van der Waals surface area contributed by atoms with Gasteiger partial charge in [-0.25, -0.2) is 4.98 Å². The van der Waals surface area contributed by atoms with E-state index in [1.807, 2.05) is 0 Å². The fourth-order valence-corrected chi connectivity index (χ4v) is 11.0. The maximum absolute atomic E-state index is 13.0. The van der Waals surface area contributed by atoms with E-state index < -0.39 is 0 Å². The fourth-order valence-electron chi connectivity index (χ4n) is 11.0. The molecule has 0 bridgehead atoms. The summed E-state index contributed by atoms with van der Waals surface area (Å²) < 4.78 is 0. The average molecular weight is 582 g/mol. The van der Waals surface area contributed by atoms with Crippen LogP contribution >= 0.6 is 0 Å². The molecule has 6 rings (SSSR count). The molecule has 4 aliphatic carbocycles. The molecule has 2 amide bonds. The molecule has 1 aromatic rings. The number of aromatic nitrogens is 2. The lowest BCUT2D eigenvalue weighted by Gasteiger charge is -2.61. The van der Waals surface area contributed by atoms with E-state index in [0.29, 0.717) is 54.5 Å². The first-order chi connectivity index (χ1) is 20.2. The Morgan fingerprint density at radius 1 is 1.07 bits per heavy atom. The highest BCUT2D eigenvalue weighted by atomic mass is 16.3. The van der Waals surface area contributed by atoms with Gasteiger partial charge in [0.2, 0.25) is 11.8 Å². The van der Waals surface area contributed by atoms with Crippen molar-refractivity contribution in [1.82, 2.24) is 25.9 Å². The molecule has 8 heteroatoms. The van der Waals surface area contributed by atoms with E-state index in [-0.39, 0.29) is 30.0 Å². The molecule has 5 N–H and O–H groups in total. The zero-order valence-electron chi connectivity index (χ0n) is 26.2. The van der Waals surface area contributed by atoms with Gasteiger partial charge in [0, 0.05) is 43.9 Å². The van der Waals surface area contributed by atoms with Crippen molar-refractivity contribution in [3.05, 3.63) is 18.2 Å². The number of rotatable bonds is 9. The van der Waals surface area contributed by atoms with Crippen LogP contribution in [0.25, 0.3) is 0 Å². The van der Waals surface area contributed by atoms with Crippen molar-refractivity contribution in [3.63, 3.8) is 0 Å². The maximum atomic E-state index is 13.0. The molecule has 4 unspecified atom stereocenters. The molecule has 11 atom stereocenters. The molecule has 1 aromatic heterocycles. The van der Waals surface area contributed by atoms with Gasteiger partial charge >= 0.3 is 0 Å². The zero-order valence-corrected chi connectivity index (χ0v) is 26.2. The Labute approximate surface area is 252 Å². The van der Waals surface area contributed by atoms with Gasteiger partial charge in [-0.05, 0) is 117 Å². The third-order valence-corrected chi connectivity index (χ3v) is 13.3. The predicted molar refractivity (Wildman–Crippen MR) is 163 cm³/mol. The first kappa shape index (κ1) is 30.1. The number of hydrogen-bond acceptors (Lipinski definition) is 5. The molecule has 4 saturated carbocycles. The number of nitrogens with one attached hydrogen (secondary N) is 4. The molecule has 0 spiro atoms. The van der Waals surface area contributed by atoms with E-state index in [9.17, 15) is 14.7 Å². The molecule has 234 valence electrons. The minimum atomic E-state index is -0.252. The SMILES string of the molecule is C[C@H](CCC(=O)N[C@@H]1CN[C@H](C(=O)NCCc2cnc[nH]2)C1)[C@H]1CCC2C3CCC4C[C@H](O)CC[C@]4(C)C3CC[C@@]21C. The Bertz CT molecular complexity index is 1090. The second-order valence-electron chi connectivity index (χ2n) is 15.4. The summed E-state index contributed by atoms with van der Waals surface area (Å²) >= 11 is 0. The molecule has 2 heterocycles. The third-order valence-electron chi connectivity index (χ3n) is 13.3. The minimum Gasteiger partial charge on any atom is -0.393 e. The number of amides is 2. The van der Waals surface area contributed by atoms with Crippen molar-refractivity contribution in [2.45, 2.75) is 122 Å². The van der Waals surface area contributed by atoms with Gasteiger partial charge in [0.05, 0.1) is 18.5 Å². The van der Waals surface area contributed by atoms with Crippen LogP contribution < -0.4 is 16.0 Å². The second-order valence-corrected chi connectivity index (χ2v) is 15.4. The van der Waals surface area contributed by atoms with E-state index in [2.05, 4.69) is 46.7 Å². The van der Waals surface area contributed by atoms with Crippen LogP contribution in [0.4, 0.5) is 0 Å². The summed E-state index contributed by atoms with van der Waals surface area (Å²) in [6.45, 7) is 8.79. The third kappa shape index (κ3) is 5.79. The lowest BCUT2D eigenvalue weighted by atomic mass is 9.44. The van der Waals surface area contributed by atoms with E-state index in [0.717, 1.165) is 49.1 Å². The van der Waals surface area contributed by atoms with Crippen LogP contribution in [-0.4, -0.2) is 58.2 Å². The Morgan fingerprint density at radius 2 is 1.88 bits per heavy atom. The summed E-state index contributed by atoms with van der Waals surface area (Å²) in [5, 5.41) is 19.8. The summed E-state index contributed by atoms with van der Waals surface area (Å²) in [5.41, 5.74) is 1.84. The molecule has 0 radical (unpaired) electrons. The quantitative estimate of drug-likeness (QED) is 0.297. The number of aliphatic hydroxyl groups is 1. The van der Waals surface area contributed by atoms with Crippen molar-refractivity contribution >= 4 is 11.8 Å². The Hall–Kier alpha value is -1.93. The topological polar surface area (TPSA) is 119 Å². The number of carbonyl (C=O) groups is 2. The summed E-state index contributed by atoms with van der Waals surface area (Å²) in [6.07, 6.45) is 17.5. The highest BCUT2D eigenvalue weighted by Gasteiger charge is 2.60. The molecule has 42 heavy (non-hydrogen) atoms. The number of fused-ring (bicyclic) bond motifs is 5. The van der Waals surface area contributed by atoms with Gasteiger partial charge in [-0.2, -0.15) is 0 Å². The molecular weight excluding hydrogens is 526 g/mol. The van der Waals surface area contributed by atoms with Gasteiger partial charge in [-0.15, -0.1) is 0 Å². The lowest BCUT2D eigenvalue weighted by Crippen LogP contribution is -2.54. The standard InChI is InChI=1S/C34H55N5O3/c1-21(4-9-31(41)39-24-17-30(37-19-24)32(42)36-15-12-23-18-35-20-38-23)27-7-8-28-26-6-5-22-16-25(40)10-13-33(22,2)29(26)11-14-34(27,28)3/h18,20-22,24-30,37,40H,4-17,19H2,1-3H3,(H,35,38)(H,36,42)(H,39,41)/t21-,22?,24+,25-,26?,27-,28?,29?,30+,33+,34-/m1/s1. The number of hydrogen-bond donors (Lipinski definition) is 5. The Kier molecular flexibility index (Phi) is 8.76. The van der Waals surface area contributed by atoms with Crippen LogP contribution in [0, 0.1) is 46.3 Å². The zero-order chi connectivity index (χ0) is 29.5. The first-order valence-electron chi connectivity index (χ1n) is 17.1. The summed E-state index contributed by atoms with van der Waals surface area (Å²) in [4.78, 5) is 32.6. The number of nitrogens with zero attached hydrogens (tertiary/aromatic N) is 1. The monoisotopic (exact) mass is 581 g/mol. The Morgan fingerprint density at radius 3 is 2.69 bits per heavy atom. The predicted octanol–water partition coefficient (Wildman–Crippen LogP) is 4.35. The molecule has 0 aromatic carbocycles. The summed E-state index contributed by atoms with van der Waals surface area (Å²) in [6, 6.07) is -0.241. The molecule has 8 nitrogen and oxygen atoms in total. The molecular formula is C34H55N5O3. The van der Waals surface area contributed by atoms with Crippen molar-refractivity contribution in [2.75, 3.05) is 13.1 Å². The minimum absolute atomic E-state index is 0.00203. The summed E-state index contributed by atoms with van der Waals surface area (Å²) in [7, 11) is 0. The second kappa shape index (κ2) is 12.2. The van der Waals surface area contributed by atoms with Gasteiger partial charge in [-0.1, -0.05) is 20.8 Å². The van der Waals surface area contributed by atoms with Crippen molar-refractivity contribution in [3.8, 4) is 0 Å². The number of aromatic amines is 1. The first-order valence-corrected chi connectivity index (χ1v) is 17.1. The maximum Gasteiger partial charge on any atom is 0.237 e. The van der Waals surface area contributed by atoms with Crippen molar-refractivity contribution in [2.24, 2.45) is 46.3 Å². The highest BCUT2D eigenvalue weighted by molar-refractivity contribution is 5.82. The van der Waals surface area contributed by atoms with Crippen LogP contribution in [0.5, 0.6) is 0 Å². The lowest BCUT2D eigenvalue weighted by molar-refractivity contribution is -0.130. The number of carbonyl (C=O) groups excluding carboxylic acids is 2. The van der Waals surface area contributed by atoms with Crippen molar-refractivity contribution < 1.29 is 14.7 Å². The van der Waals surface area contributed by atoms with E-state index in [4.69, 9.17) is 0 Å². The molecule has 1 saturated heterocycles. The summed E-state index contributed by atoms with van der Waals surface area (Å²) in [5.74, 6) is 4.62. The fraction of sp³-hybridized carbons (Fsp3) is 0.853.